The van der Waals surface area contributed by atoms with Crippen LogP contribution in [0.15, 0.2) is 88.2 Å². The van der Waals surface area contributed by atoms with E-state index in [9.17, 15) is 8.42 Å². The van der Waals surface area contributed by atoms with Crippen LogP contribution >= 0.6 is 23.2 Å². The topological polar surface area (TPSA) is 58.5 Å². The first kappa shape index (κ1) is 18.5. The maximum absolute atomic E-state index is 12.7. The number of hydrogen-bond acceptors (Lipinski definition) is 2. The molecular formula is C19H14Cl2N2O2S. The molecule has 26 heavy (non-hydrogen) atoms. The Morgan fingerprint density at radius 1 is 0.769 bits per heavy atom. The average Bonchev–Trinajstić information content (AvgIpc) is 2.63. The molecule has 0 unspecified atom stereocenters. The van der Waals surface area contributed by atoms with Crippen LogP contribution in [0.5, 0.6) is 0 Å². The first-order valence-electron chi connectivity index (χ1n) is 7.63. The van der Waals surface area contributed by atoms with Crippen LogP contribution in [0.3, 0.4) is 0 Å². The maximum Gasteiger partial charge on any atom is 0.284 e. The van der Waals surface area contributed by atoms with Gasteiger partial charge in [0.05, 0.1) is 4.90 Å². The molecule has 3 rings (SSSR count). The molecule has 7 heteroatoms. The van der Waals surface area contributed by atoms with Crippen molar-refractivity contribution in [1.82, 2.24) is 0 Å². The number of hydrogen-bond donors (Lipinski definition) is 1. The van der Waals surface area contributed by atoms with Crippen LogP contribution in [-0.4, -0.2) is 14.3 Å². The van der Waals surface area contributed by atoms with Crippen molar-refractivity contribution in [3.05, 3.63) is 94.5 Å². The summed E-state index contributed by atoms with van der Waals surface area (Å²) in [5.74, 6) is 0.197. The zero-order valence-corrected chi connectivity index (χ0v) is 15.8. The molecule has 0 bridgehead atoms. The predicted molar refractivity (Wildman–Crippen MR) is 107 cm³/mol. The Morgan fingerprint density at radius 2 is 1.31 bits per heavy atom. The van der Waals surface area contributed by atoms with Gasteiger partial charge in [0.15, 0.2) is 5.84 Å². The minimum Gasteiger partial charge on any atom is -0.339 e. The molecule has 0 saturated heterocycles. The molecule has 0 heterocycles. The number of para-hydroxylation sites is 1. The lowest BCUT2D eigenvalue weighted by molar-refractivity contribution is 0.598. The average molecular weight is 405 g/mol. The van der Waals surface area contributed by atoms with Crippen LogP contribution in [0, 0.1) is 0 Å². The van der Waals surface area contributed by atoms with Crippen LogP contribution in [0.2, 0.25) is 10.0 Å². The molecule has 0 radical (unpaired) electrons. The van der Waals surface area contributed by atoms with Gasteiger partial charge in [0, 0.05) is 21.3 Å². The van der Waals surface area contributed by atoms with Gasteiger partial charge >= 0.3 is 0 Å². The Labute approximate surface area is 162 Å². The minimum atomic E-state index is -3.92. The van der Waals surface area contributed by atoms with E-state index in [1.54, 1.807) is 24.3 Å². The second kappa shape index (κ2) is 7.91. The molecule has 0 fully saturated rings. The quantitative estimate of drug-likeness (QED) is 0.477. The van der Waals surface area contributed by atoms with E-state index in [0.717, 1.165) is 0 Å². The van der Waals surface area contributed by atoms with Gasteiger partial charge < -0.3 is 5.32 Å². The first-order chi connectivity index (χ1) is 12.4. The zero-order valence-electron chi connectivity index (χ0n) is 13.4. The van der Waals surface area contributed by atoms with E-state index in [-0.39, 0.29) is 10.7 Å². The summed E-state index contributed by atoms with van der Waals surface area (Å²) in [6.07, 6.45) is 0. The van der Waals surface area contributed by atoms with E-state index in [1.165, 1.54) is 24.3 Å². The number of amidine groups is 1. The van der Waals surface area contributed by atoms with Gasteiger partial charge in [0.25, 0.3) is 10.0 Å². The number of nitrogens with zero attached hydrogens (tertiary/aromatic N) is 1. The molecule has 0 spiro atoms. The van der Waals surface area contributed by atoms with Crippen molar-refractivity contribution in [3.63, 3.8) is 0 Å². The summed E-state index contributed by atoms with van der Waals surface area (Å²) in [6, 6.07) is 21.8. The largest absolute Gasteiger partial charge is 0.339 e. The van der Waals surface area contributed by atoms with E-state index in [4.69, 9.17) is 23.2 Å². The van der Waals surface area contributed by atoms with Crippen LogP contribution < -0.4 is 5.32 Å². The highest BCUT2D eigenvalue weighted by atomic mass is 35.5. The molecule has 3 aromatic rings. The van der Waals surface area contributed by atoms with E-state index in [1.807, 2.05) is 30.3 Å². The molecule has 0 atom stereocenters. The van der Waals surface area contributed by atoms with E-state index in [2.05, 4.69) is 9.71 Å². The molecule has 0 aromatic heterocycles. The lowest BCUT2D eigenvalue weighted by Crippen LogP contribution is -2.16. The van der Waals surface area contributed by atoms with Gasteiger partial charge in [0.2, 0.25) is 0 Å². The molecule has 0 amide bonds. The fraction of sp³-hybridized carbons (Fsp3) is 0. The normalized spacial score (nSPS) is 12.0. The number of rotatable bonds is 4. The Kier molecular flexibility index (Phi) is 5.61. The fourth-order valence-corrected chi connectivity index (χ4v) is 3.42. The van der Waals surface area contributed by atoms with E-state index >= 15 is 0 Å². The standard InChI is InChI=1S/C19H14Cl2N2O2S/c20-15-8-6-14(7-9-15)19(22-17-4-2-1-3-5-17)23-26(24,25)18-12-10-16(21)11-13-18/h1-13H,(H,22,23). The summed E-state index contributed by atoms with van der Waals surface area (Å²) in [7, 11) is -3.92. The number of nitrogens with one attached hydrogen (secondary N) is 1. The lowest BCUT2D eigenvalue weighted by atomic mass is 10.2. The van der Waals surface area contributed by atoms with Gasteiger partial charge in [-0.15, -0.1) is 4.40 Å². The van der Waals surface area contributed by atoms with Crippen LogP contribution in [0.1, 0.15) is 5.56 Å². The summed E-state index contributed by atoms with van der Waals surface area (Å²) in [5, 5.41) is 4.06. The summed E-state index contributed by atoms with van der Waals surface area (Å²) in [5.41, 5.74) is 1.31. The van der Waals surface area contributed by atoms with Crippen molar-refractivity contribution in [1.29, 1.82) is 0 Å². The van der Waals surface area contributed by atoms with Crippen LogP contribution in [0.25, 0.3) is 0 Å². The minimum absolute atomic E-state index is 0.0585. The van der Waals surface area contributed by atoms with Crippen molar-refractivity contribution in [3.8, 4) is 0 Å². The Bertz CT molecular complexity index is 1020. The Balaban J connectivity index is 2.05. The summed E-state index contributed by atoms with van der Waals surface area (Å²) >= 11 is 11.8. The molecule has 3 aromatic carbocycles. The molecule has 0 aliphatic carbocycles. The molecule has 132 valence electrons. The summed E-state index contributed by atoms with van der Waals surface area (Å²) in [6.45, 7) is 0. The first-order valence-corrected chi connectivity index (χ1v) is 9.82. The monoisotopic (exact) mass is 404 g/mol. The number of halogens is 2. The zero-order chi connectivity index (χ0) is 18.6. The van der Waals surface area contributed by atoms with Gasteiger partial charge in [-0.3, -0.25) is 0 Å². The second-order valence-corrected chi connectivity index (χ2v) is 7.84. The Hall–Kier alpha value is -2.34. The van der Waals surface area contributed by atoms with Crippen LogP contribution in [-0.2, 0) is 10.0 Å². The van der Waals surface area contributed by atoms with Crippen molar-refractivity contribution >= 4 is 44.7 Å². The van der Waals surface area contributed by atoms with Gasteiger partial charge in [-0.25, -0.2) is 0 Å². The Morgan fingerprint density at radius 3 is 1.88 bits per heavy atom. The molecule has 0 aliphatic rings. The van der Waals surface area contributed by atoms with Crippen molar-refractivity contribution in [2.75, 3.05) is 5.32 Å². The van der Waals surface area contributed by atoms with Crippen molar-refractivity contribution < 1.29 is 8.42 Å². The molecular weight excluding hydrogens is 391 g/mol. The van der Waals surface area contributed by atoms with Crippen molar-refractivity contribution in [2.24, 2.45) is 4.40 Å². The molecule has 1 N–H and O–H groups in total. The lowest BCUT2D eigenvalue weighted by Gasteiger charge is -2.11. The van der Waals surface area contributed by atoms with Crippen molar-refractivity contribution in [2.45, 2.75) is 4.90 Å². The maximum atomic E-state index is 12.7. The highest BCUT2D eigenvalue weighted by Gasteiger charge is 2.16. The number of anilines is 1. The summed E-state index contributed by atoms with van der Waals surface area (Å²) < 4.78 is 29.4. The fourth-order valence-electron chi connectivity index (χ4n) is 2.19. The number of sulfonamides is 1. The molecule has 4 nitrogen and oxygen atoms in total. The third kappa shape index (κ3) is 4.64. The SMILES string of the molecule is O=S(=O)(N=C(Nc1ccccc1)c1ccc(Cl)cc1)c1ccc(Cl)cc1. The third-order valence-electron chi connectivity index (χ3n) is 3.48. The van der Waals surface area contributed by atoms with Gasteiger partial charge in [0.1, 0.15) is 0 Å². The van der Waals surface area contributed by atoms with Gasteiger partial charge in [-0.05, 0) is 60.7 Å². The van der Waals surface area contributed by atoms with E-state index < -0.39 is 10.0 Å². The number of benzene rings is 3. The third-order valence-corrected chi connectivity index (χ3v) is 5.27. The summed E-state index contributed by atoms with van der Waals surface area (Å²) in [4.78, 5) is 0.0585. The second-order valence-electron chi connectivity index (χ2n) is 5.37. The van der Waals surface area contributed by atoms with Gasteiger partial charge in [-0.1, -0.05) is 41.4 Å². The highest BCUT2D eigenvalue weighted by molar-refractivity contribution is 7.90. The highest BCUT2D eigenvalue weighted by Crippen LogP contribution is 2.19. The smallest absolute Gasteiger partial charge is 0.284 e. The van der Waals surface area contributed by atoms with Crippen LogP contribution in [0.4, 0.5) is 5.69 Å². The van der Waals surface area contributed by atoms with Gasteiger partial charge in [-0.2, -0.15) is 8.42 Å². The molecule has 0 aliphatic heterocycles. The predicted octanol–water partition coefficient (Wildman–Crippen LogP) is 5.24. The van der Waals surface area contributed by atoms with E-state index in [0.29, 0.717) is 21.3 Å². The molecule has 0 saturated carbocycles.